The van der Waals surface area contributed by atoms with Gasteiger partial charge in [-0.2, -0.15) is 0 Å². The van der Waals surface area contributed by atoms with Crippen LogP contribution in [0.4, 0.5) is 0 Å². The van der Waals surface area contributed by atoms with Gasteiger partial charge in [-0.15, -0.1) is 0 Å². The van der Waals surface area contributed by atoms with Gasteiger partial charge in [-0.1, -0.05) is 196 Å². The lowest BCUT2D eigenvalue weighted by atomic mass is 9.80. The number of hydrogen-bond donors (Lipinski definition) is 0. The number of nitrogens with zero attached hydrogens (tertiary/aromatic N) is 2. The Morgan fingerprint density at radius 3 is 1.53 bits per heavy atom. The summed E-state index contributed by atoms with van der Waals surface area (Å²) in [5.41, 5.74) is 15.3. The van der Waals surface area contributed by atoms with Crippen LogP contribution in [0.15, 0.2) is 194 Å². The first kappa shape index (κ1) is 33.2. The molecular weight excluding hydrogens is 689 g/mol. The number of aromatic nitrogens is 2. The van der Waals surface area contributed by atoms with Crippen molar-refractivity contribution < 1.29 is 0 Å². The molecule has 57 heavy (non-hydrogen) atoms. The average Bonchev–Trinajstić information content (AvgIpc) is 3.51. The van der Waals surface area contributed by atoms with Gasteiger partial charge in [0.25, 0.3) is 0 Å². The standard InChI is InChI=1S/C55H38N2/c1-55(2)50-32-26-38(33-49(50)48-27-25-35-15-9-10-20-40(35)53(48)55)39-28-29-45(42-22-12-11-21-41(39)42)46-30-31-47(44-24-14-13-23-43(44)46)52-34-51(36-16-5-3-6-17-36)56-54(57-52)37-18-7-4-8-19-37/h3-34H,1-2H3. The van der Waals surface area contributed by atoms with Crippen LogP contribution in [0.1, 0.15) is 25.0 Å². The van der Waals surface area contributed by atoms with Crippen molar-refractivity contribution in [3.63, 3.8) is 0 Å². The molecule has 0 fully saturated rings. The molecule has 1 aliphatic rings. The van der Waals surface area contributed by atoms with Crippen LogP contribution in [0.5, 0.6) is 0 Å². The van der Waals surface area contributed by atoms with Crippen molar-refractivity contribution in [3.8, 4) is 67.3 Å². The molecule has 9 aromatic carbocycles. The van der Waals surface area contributed by atoms with E-state index in [1.165, 1.54) is 71.4 Å². The highest BCUT2D eigenvalue weighted by atomic mass is 14.9. The number of hydrogen-bond acceptors (Lipinski definition) is 2. The molecule has 0 atom stereocenters. The number of fused-ring (bicyclic) bond motifs is 7. The van der Waals surface area contributed by atoms with Gasteiger partial charge in [0.05, 0.1) is 11.4 Å². The summed E-state index contributed by atoms with van der Waals surface area (Å²) in [6, 6.07) is 70.1. The second-order valence-electron chi connectivity index (χ2n) is 15.7. The molecule has 268 valence electrons. The van der Waals surface area contributed by atoms with E-state index in [4.69, 9.17) is 9.97 Å². The average molecular weight is 727 g/mol. The molecule has 0 amide bonds. The van der Waals surface area contributed by atoms with Crippen molar-refractivity contribution in [2.45, 2.75) is 19.3 Å². The maximum Gasteiger partial charge on any atom is 0.160 e. The van der Waals surface area contributed by atoms with E-state index in [1.54, 1.807) is 0 Å². The SMILES string of the molecule is CC1(C)c2ccc(-c3ccc(-c4ccc(-c5cc(-c6ccccc6)nc(-c6ccccc6)n5)c5ccccc45)c4ccccc34)cc2-c2ccc3ccccc3c21. The molecule has 10 aromatic rings. The molecule has 0 radical (unpaired) electrons. The predicted octanol–water partition coefficient (Wildman–Crippen LogP) is 14.6. The topological polar surface area (TPSA) is 25.8 Å². The molecule has 0 saturated carbocycles. The van der Waals surface area contributed by atoms with Gasteiger partial charge < -0.3 is 0 Å². The van der Waals surface area contributed by atoms with Gasteiger partial charge in [-0.05, 0) is 89.0 Å². The van der Waals surface area contributed by atoms with E-state index in [1.807, 2.05) is 24.3 Å². The molecule has 11 rings (SSSR count). The number of rotatable bonds is 5. The fourth-order valence-electron chi connectivity index (χ4n) is 9.38. The molecule has 1 aliphatic carbocycles. The van der Waals surface area contributed by atoms with E-state index in [9.17, 15) is 0 Å². The zero-order chi connectivity index (χ0) is 38.1. The zero-order valence-electron chi connectivity index (χ0n) is 31.9. The van der Waals surface area contributed by atoms with E-state index < -0.39 is 0 Å². The summed E-state index contributed by atoms with van der Waals surface area (Å²) in [5, 5.41) is 7.48. The first-order valence-corrected chi connectivity index (χ1v) is 19.7. The van der Waals surface area contributed by atoms with Crippen molar-refractivity contribution in [2.24, 2.45) is 0 Å². The monoisotopic (exact) mass is 726 g/mol. The molecule has 0 saturated heterocycles. The van der Waals surface area contributed by atoms with Crippen molar-refractivity contribution >= 4 is 32.3 Å². The molecule has 0 bridgehead atoms. The summed E-state index contributed by atoms with van der Waals surface area (Å²) in [4.78, 5) is 10.2. The molecule has 2 heteroatoms. The molecule has 1 heterocycles. The Labute approximate surface area is 332 Å². The lowest BCUT2D eigenvalue weighted by Gasteiger charge is -2.23. The van der Waals surface area contributed by atoms with Crippen molar-refractivity contribution in [1.82, 2.24) is 9.97 Å². The second-order valence-corrected chi connectivity index (χ2v) is 15.7. The third kappa shape index (κ3) is 5.33. The zero-order valence-corrected chi connectivity index (χ0v) is 31.9. The highest BCUT2D eigenvalue weighted by Gasteiger charge is 2.37. The Morgan fingerprint density at radius 1 is 0.333 bits per heavy atom. The van der Waals surface area contributed by atoms with Gasteiger partial charge in [-0.3, -0.25) is 0 Å². The molecule has 0 N–H and O–H groups in total. The van der Waals surface area contributed by atoms with Gasteiger partial charge in [0.2, 0.25) is 0 Å². The fraction of sp³-hybridized carbons (Fsp3) is 0.0545. The largest absolute Gasteiger partial charge is 0.228 e. The summed E-state index contributed by atoms with van der Waals surface area (Å²) < 4.78 is 0. The van der Waals surface area contributed by atoms with E-state index in [0.29, 0.717) is 5.82 Å². The fourth-order valence-corrected chi connectivity index (χ4v) is 9.38. The Hall–Kier alpha value is -7.16. The van der Waals surface area contributed by atoms with E-state index in [-0.39, 0.29) is 5.41 Å². The van der Waals surface area contributed by atoms with Gasteiger partial charge >= 0.3 is 0 Å². The minimum atomic E-state index is -0.0821. The maximum atomic E-state index is 5.20. The van der Waals surface area contributed by atoms with Crippen LogP contribution in [0.25, 0.3) is 99.6 Å². The van der Waals surface area contributed by atoms with Crippen LogP contribution in [0.3, 0.4) is 0 Å². The van der Waals surface area contributed by atoms with Crippen LogP contribution in [-0.4, -0.2) is 9.97 Å². The first-order chi connectivity index (χ1) is 28.0. The molecule has 2 nitrogen and oxygen atoms in total. The highest BCUT2D eigenvalue weighted by molar-refractivity contribution is 6.12. The number of benzene rings is 9. The smallest absolute Gasteiger partial charge is 0.160 e. The third-order valence-corrected chi connectivity index (χ3v) is 12.1. The second kappa shape index (κ2) is 13.0. The quantitative estimate of drug-likeness (QED) is 0.176. The van der Waals surface area contributed by atoms with Crippen molar-refractivity contribution in [3.05, 3.63) is 205 Å². The Morgan fingerprint density at radius 2 is 0.842 bits per heavy atom. The molecule has 0 unspecified atom stereocenters. The maximum absolute atomic E-state index is 5.20. The summed E-state index contributed by atoms with van der Waals surface area (Å²) in [7, 11) is 0. The summed E-state index contributed by atoms with van der Waals surface area (Å²) in [6.07, 6.45) is 0. The summed E-state index contributed by atoms with van der Waals surface area (Å²) >= 11 is 0. The predicted molar refractivity (Wildman–Crippen MR) is 239 cm³/mol. The van der Waals surface area contributed by atoms with Gasteiger partial charge in [0.1, 0.15) is 0 Å². The minimum absolute atomic E-state index is 0.0821. The van der Waals surface area contributed by atoms with Gasteiger partial charge in [-0.25, -0.2) is 9.97 Å². The minimum Gasteiger partial charge on any atom is -0.228 e. The van der Waals surface area contributed by atoms with E-state index in [0.717, 1.165) is 33.5 Å². The third-order valence-electron chi connectivity index (χ3n) is 12.1. The van der Waals surface area contributed by atoms with Crippen LogP contribution in [-0.2, 0) is 5.41 Å². The first-order valence-electron chi connectivity index (χ1n) is 19.7. The van der Waals surface area contributed by atoms with Crippen LogP contribution in [0, 0.1) is 0 Å². The Kier molecular flexibility index (Phi) is 7.55. The van der Waals surface area contributed by atoms with Crippen LogP contribution < -0.4 is 0 Å². The van der Waals surface area contributed by atoms with Crippen molar-refractivity contribution in [2.75, 3.05) is 0 Å². The Bertz CT molecular complexity index is 3140. The molecule has 0 aliphatic heterocycles. The molecule has 1 aromatic heterocycles. The van der Waals surface area contributed by atoms with E-state index >= 15 is 0 Å². The normalized spacial score (nSPS) is 12.9. The summed E-state index contributed by atoms with van der Waals surface area (Å²) in [5.74, 6) is 0.716. The van der Waals surface area contributed by atoms with Crippen LogP contribution in [0.2, 0.25) is 0 Å². The Balaban J connectivity index is 1.06. The summed E-state index contributed by atoms with van der Waals surface area (Å²) in [6.45, 7) is 4.75. The molecular formula is C55H38N2. The lowest BCUT2D eigenvalue weighted by molar-refractivity contribution is 0.666. The lowest BCUT2D eigenvalue weighted by Crippen LogP contribution is -2.15. The van der Waals surface area contributed by atoms with E-state index in [2.05, 4.69) is 184 Å². The van der Waals surface area contributed by atoms with Crippen molar-refractivity contribution in [1.29, 1.82) is 0 Å². The molecule has 0 spiro atoms. The van der Waals surface area contributed by atoms with Gasteiger partial charge in [0.15, 0.2) is 5.82 Å². The van der Waals surface area contributed by atoms with Crippen LogP contribution >= 0.6 is 0 Å². The highest BCUT2D eigenvalue weighted by Crippen LogP contribution is 2.52. The van der Waals surface area contributed by atoms with Gasteiger partial charge in [0, 0.05) is 22.1 Å².